The lowest BCUT2D eigenvalue weighted by Gasteiger charge is -2.21. The molecule has 0 aromatic carbocycles. The molecule has 0 atom stereocenters. The summed E-state index contributed by atoms with van der Waals surface area (Å²) >= 11 is 3.24. The van der Waals surface area contributed by atoms with E-state index in [-0.39, 0.29) is 12.5 Å². The van der Waals surface area contributed by atoms with E-state index in [2.05, 4.69) is 20.9 Å². The van der Waals surface area contributed by atoms with Gasteiger partial charge in [-0.1, -0.05) is 6.92 Å². The second-order valence-electron chi connectivity index (χ2n) is 3.87. The number of nitrogens with zero attached hydrogens (tertiary/aromatic N) is 2. The molecule has 0 bridgehead atoms. The van der Waals surface area contributed by atoms with Crippen LogP contribution in [0, 0.1) is 0 Å². The van der Waals surface area contributed by atoms with E-state index in [0.717, 1.165) is 6.42 Å². The number of hydrogen-bond donors (Lipinski definition) is 0. The molecule has 0 fully saturated rings. The fourth-order valence-corrected chi connectivity index (χ4v) is 2.02. The number of amides is 1. The monoisotopic (exact) mass is 328 g/mol. The zero-order valence-electron chi connectivity index (χ0n) is 11.1. The summed E-state index contributed by atoms with van der Waals surface area (Å²) in [6, 6.07) is 3.36. The van der Waals surface area contributed by atoms with Crippen LogP contribution in [0.5, 0.6) is 0 Å². The Morgan fingerprint density at radius 2 is 2.16 bits per heavy atom. The van der Waals surface area contributed by atoms with Crippen LogP contribution in [-0.4, -0.2) is 41.5 Å². The number of carbonyl (C=O) groups excluding carboxylic acids is 2. The van der Waals surface area contributed by atoms with Crippen molar-refractivity contribution < 1.29 is 14.3 Å². The molecule has 1 amide bonds. The van der Waals surface area contributed by atoms with Gasteiger partial charge in [0.25, 0.3) is 5.91 Å². The molecule has 0 radical (unpaired) electrons. The first-order valence-corrected chi connectivity index (χ1v) is 6.94. The van der Waals surface area contributed by atoms with Gasteiger partial charge < -0.3 is 9.64 Å². The molecule has 6 heteroatoms. The second kappa shape index (κ2) is 7.89. The molecule has 1 rings (SSSR count). The van der Waals surface area contributed by atoms with Gasteiger partial charge in [0.15, 0.2) is 0 Å². The lowest BCUT2D eigenvalue weighted by Crippen LogP contribution is -2.37. The molecule has 0 aliphatic rings. The lowest BCUT2D eigenvalue weighted by atomic mass is 10.2. The number of pyridine rings is 1. The van der Waals surface area contributed by atoms with Crippen molar-refractivity contribution in [3.05, 3.63) is 28.5 Å². The summed E-state index contributed by atoms with van der Waals surface area (Å²) in [6.07, 6.45) is 2.36. The van der Waals surface area contributed by atoms with Crippen LogP contribution in [0.15, 0.2) is 22.9 Å². The number of aromatic nitrogens is 1. The fourth-order valence-electron chi connectivity index (χ4n) is 1.60. The van der Waals surface area contributed by atoms with Gasteiger partial charge in [0.05, 0.1) is 12.2 Å². The maximum Gasteiger partial charge on any atom is 0.325 e. The Balaban J connectivity index is 2.84. The summed E-state index contributed by atoms with van der Waals surface area (Å²) in [5.41, 5.74) is 0.445. The van der Waals surface area contributed by atoms with E-state index in [1.807, 2.05) is 6.92 Å². The Morgan fingerprint density at radius 3 is 2.74 bits per heavy atom. The zero-order chi connectivity index (χ0) is 14.3. The van der Waals surface area contributed by atoms with Gasteiger partial charge in [0, 0.05) is 12.7 Å². The van der Waals surface area contributed by atoms with Crippen molar-refractivity contribution in [3.63, 3.8) is 0 Å². The summed E-state index contributed by atoms with van der Waals surface area (Å²) in [4.78, 5) is 29.3. The molecule has 0 saturated carbocycles. The normalized spacial score (nSPS) is 10.1. The maximum atomic E-state index is 12.3. The largest absolute Gasteiger partial charge is 0.465 e. The summed E-state index contributed by atoms with van der Waals surface area (Å²) in [7, 11) is 0. The number of halogens is 1. The Kier molecular flexibility index (Phi) is 6.49. The first-order chi connectivity index (χ1) is 9.10. The van der Waals surface area contributed by atoms with Crippen LogP contribution < -0.4 is 0 Å². The Bertz CT molecular complexity index is 451. The highest BCUT2D eigenvalue weighted by atomic mass is 79.9. The Morgan fingerprint density at radius 1 is 1.42 bits per heavy atom. The number of hydrogen-bond acceptors (Lipinski definition) is 4. The Hall–Kier alpha value is -1.43. The van der Waals surface area contributed by atoms with Crippen LogP contribution in [0.4, 0.5) is 0 Å². The first-order valence-electron chi connectivity index (χ1n) is 6.15. The van der Waals surface area contributed by atoms with Crippen LogP contribution in [-0.2, 0) is 9.53 Å². The van der Waals surface area contributed by atoms with Gasteiger partial charge in [-0.05, 0) is 41.4 Å². The molecule has 1 aromatic rings. The van der Waals surface area contributed by atoms with Crippen molar-refractivity contribution in [1.29, 1.82) is 0 Å². The van der Waals surface area contributed by atoms with Crippen LogP contribution in [0.1, 0.15) is 30.6 Å². The number of esters is 1. The van der Waals surface area contributed by atoms with E-state index in [0.29, 0.717) is 23.3 Å². The van der Waals surface area contributed by atoms with Crippen LogP contribution in [0.25, 0.3) is 0 Å². The lowest BCUT2D eigenvalue weighted by molar-refractivity contribution is -0.143. The molecule has 0 aliphatic carbocycles. The minimum Gasteiger partial charge on any atom is -0.465 e. The molecule has 19 heavy (non-hydrogen) atoms. The fraction of sp³-hybridized carbons (Fsp3) is 0.462. The predicted molar refractivity (Wildman–Crippen MR) is 74.8 cm³/mol. The summed E-state index contributed by atoms with van der Waals surface area (Å²) in [5, 5.41) is 0. The molecule has 0 N–H and O–H groups in total. The molecule has 0 saturated heterocycles. The molecule has 0 unspecified atom stereocenters. The van der Waals surface area contributed by atoms with E-state index < -0.39 is 5.97 Å². The van der Waals surface area contributed by atoms with Crippen molar-refractivity contribution in [2.75, 3.05) is 19.7 Å². The predicted octanol–water partition coefficient (Wildman–Crippen LogP) is 2.26. The van der Waals surface area contributed by atoms with E-state index in [1.165, 1.54) is 4.90 Å². The minimum atomic E-state index is -0.399. The third-order valence-electron chi connectivity index (χ3n) is 2.40. The third kappa shape index (κ3) is 4.63. The van der Waals surface area contributed by atoms with Gasteiger partial charge >= 0.3 is 5.97 Å². The third-order valence-corrected chi connectivity index (χ3v) is 3.03. The van der Waals surface area contributed by atoms with Gasteiger partial charge in [-0.15, -0.1) is 0 Å². The average Bonchev–Trinajstić information content (AvgIpc) is 2.38. The standard InChI is InChI=1S/C13H17BrN2O3/c1-3-8-16(9-11(17)19-4-2)13(18)10-6-5-7-15-12(10)14/h5-7H,3-4,8-9H2,1-2H3. The quantitative estimate of drug-likeness (QED) is 0.593. The number of rotatable bonds is 6. The highest BCUT2D eigenvalue weighted by Crippen LogP contribution is 2.15. The van der Waals surface area contributed by atoms with E-state index in [1.54, 1.807) is 25.3 Å². The number of ether oxygens (including phenoxy) is 1. The molecular weight excluding hydrogens is 312 g/mol. The highest BCUT2D eigenvalue weighted by molar-refractivity contribution is 9.10. The van der Waals surface area contributed by atoms with Crippen LogP contribution in [0.2, 0.25) is 0 Å². The number of carbonyl (C=O) groups is 2. The van der Waals surface area contributed by atoms with Gasteiger partial charge in [-0.25, -0.2) is 4.98 Å². The van der Waals surface area contributed by atoms with Crippen molar-refractivity contribution in [2.24, 2.45) is 0 Å². The molecule has 104 valence electrons. The zero-order valence-corrected chi connectivity index (χ0v) is 12.6. The van der Waals surface area contributed by atoms with Gasteiger partial charge in [0.1, 0.15) is 11.1 Å². The SMILES string of the molecule is CCCN(CC(=O)OCC)C(=O)c1cccnc1Br. The first kappa shape index (κ1) is 15.6. The maximum absolute atomic E-state index is 12.3. The Labute approximate surface area is 121 Å². The van der Waals surface area contributed by atoms with Gasteiger partial charge in [-0.3, -0.25) is 9.59 Å². The van der Waals surface area contributed by atoms with Gasteiger partial charge in [-0.2, -0.15) is 0 Å². The van der Waals surface area contributed by atoms with Crippen molar-refractivity contribution in [1.82, 2.24) is 9.88 Å². The highest BCUT2D eigenvalue weighted by Gasteiger charge is 2.20. The molecule has 0 spiro atoms. The summed E-state index contributed by atoms with van der Waals surface area (Å²) < 4.78 is 5.35. The topological polar surface area (TPSA) is 59.5 Å². The minimum absolute atomic E-state index is 0.0398. The molecule has 1 aromatic heterocycles. The van der Waals surface area contributed by atoms with Crippen molar-refractivity contribution >= 4 is 27.8 Å². The summed E-state index contributed by atoms with van der Waals surface area (Å²) in [6.45, 7) is 4.45. The second-order valence-corrected chi connectivity index (χ2v) is 4.62. The molecule has 1 heterocycles. The van der Waals surface area contributed by atoms with Crippen molar-refractivity contribution in [3.8, 4) is 0 Å². The smallest absolute Gasteiger partial charge is 0.325 e. The molecule has 0 aliphatic heterocycles. The van der Waals surface area contributed by atoms with E-state index >= 15 is 0 Å². The molecule has 5 nitrogen and oxygen atoms in total. The van der Waals surface area contributed by atoms with E-state index in [9.17, 15) is 9.59 Å². The van der Waals surface area contributed by atoms with Crippen molar-refractivity contribution in [2.45, 2.75) is 20.3 Å². The summed E-state index contributed by atoms with van der Waals surface area (Å²) in [5.74, 6) is -0.626. The average molecular weight is 329 g/mol. The van der Waals surface area contributed by atoms with Crippen LogP contribution >= 0.6 is 15.9 Å². The van der Waals surface area contributed by atoms with Crippen LogP contribution in [0.3, 0.4) is 0 Å². The van der Waals surface area contributed by atoms with E-state index in [4.69, 9.17) is 4.74 Å². The van der Waals surface area contributed by atoms with Gasteiger partial charge in [0.2, 0.25) is 0 Å². The molecular formula is C13H17BrN2O3.